The van der Waals surface area contributed by atoms with Gasteiger partial charge in [-0.2, -0.15) is 0 Å². The molecule has 0 unspecified atom stereocenters. The molecule has 0 saturated heterocycles. The maximum absolute atomic E-state index is 12.9. The summed E-state index contributed by atoms with van der Waals surface area (Å²) in [7, 11) is 0. The van der Waals surface area contributed by atoms with E-state index >= 15 is 0 Å². The number of esters is 1. The van der Waals surface area contributed by atoms with E-state index in [4.69, 9.17) is 4.74 Å². The second-order valence-electron chi connectivity index (χ2n) is 8.85. The lowest BCUT2D eigenvalue weighted by molar-refractivity contribution is 0.0173. The number of hydrogen-bond donors (Lipinski definition) is 0. The number of carbonyl (C=O) groups excluding carboxylic acids is 1. The van der Waals surface area contributed by atoms with Gasteiger partial charge in [-0.3, -0.25) is 0 Å². The first kappa shape index (κ1) is 21.4. The first-order valence-electron chi connectivity index (χ1n) is 11.1. The predicted octanol–water partition coefficient (Wildman–Crippen LogP) is 5.73. The SMILES string of the molecule is Cc1ccc2c(c1)CN1CN2Cc2cc(-c3c(C)cccc3C(=O)OC(CF)CF)ccc21. The lowest BCUT2D eigenvalue weighted by atomic mass is 9.92. The van der Waals surface area contributed by atoms with Crippen LogP contribution in [0.15, 0.2) is 54.6 Å². The molecule has 0 radical (unpaired) electrons. The summed E-state index contributed by atoms with van der Waals surface area (Å²) in [6.45, 7) is 4.42. The summed E-state index contributed by atoms with van der Waals surface area (Å²) >= 11 is 0. The van der Waals surface area contributed by atoms with E-state index in [1.807, 2.05) is 19.1 Å². The molecule has 0 fully saturated rings. The van der Waals surface area contributed by atoms with Gasteiger partial charge in [0.2, 0.25) is 0 Å². The van der Waals surface area contributed by atoms with Gasteiger partial charge in [0.15, 0.2) is 6.10 Å². The van der Waals surface area contributed by atoms with Gasteiger partial charge in [-0.05, 0) is 65.9 Å². The van der Waals surface area contributed by atoms with E-state index in [1.54, 1.807) is 12.1 Å². The zero-order valence-corrected chi connectivity index (χ0v) is 18.8. The molecule has 2 aliphatic heterocycles. The topological polar surface area (TPSA) is 32.8 Å². The highest BCUT2D eigenvalue weighted by Gasteiger charge is 2.30. The van der Waals surface area contributed by atoms with Crippen LogP contribution < -0.4 is 9.80 Å². The quantitative estimate of drug-likeness (QED) is 0.467. The fourth-order valence-electron chi connectivity index (χ4n) is 4.91. The summed E-state index contributed by atoms with van der Waals surface area (Å²) in [6.07, 6.45) is -1.38. The number of carbonyl (C=O) groups is 1. The second-order valence-corrected chi connectivity index (χ2v) is 8.85. The van der Waals surface area contributed by atoms with Crippen LogP contribution in [0.4, 0.5) is 20.2 Å². The van der Waals surface area contributed by atoms with E-state index in [9.17, 15) is 13.6 Å². The lowest BCUT2D eigenvalue weighted by Gasteiger charge is -2.45. The second kappa shape index (κ2) is 8.50. The van der Waals surface area contributed by atoms with Crippen LogP contribution in [0, 0.1) is 13.8 Å². The van der Waals surface area contributed by atoms with Crippen molar-refractivity contribution in [1.82, 2.24) is 0 Å². The highest BCUT2D eigenvalue weighted by atomic mass is 19.1. The van der Waals surface area contributed by atoms with E-state index in [0.717, 1.165) is 36.4 Å². The van der Waals surface area contributed by atoms with Gasteiger partial charge in [0.1, 0.15) is 13.3 Å². The molecule has 0 aliphatic carbocycles. The number of rotatable bonds is 5. The minimum atomic E-state index is -1.38. The van der Waals surface area contributed by atoms with Crippen LogP contribution in [0.5, 0.6) is 0 Å². The number of ether oxygens (including phenoxy) is 1. The summed E-state index contributed by atoms with van der Waals surface area (Å²) in [6, 6.07) is 18.2. The average Bonchev–Trinajstić information content (AvgIpc) is 2.81. The molecule has 2 aliphatic rings. The van der Waals surface area contributed by atoms with Crippen molar-refractivity contribution in [3.8, 4) is 11.1 Å². The van der Waals surface area contributed by atoms with Crippen LogP contribution >= 0.6 is 0 Å². The number of fused-ring (bicyclic) bond motifs is 6. The molecule has 0 saturated carbocycles. The largest absolute Gasteiger partial charge is 0.453 e. The molecule has 33 heavy (non-hydrogen) atoms. The maximum Gasteiger partial charge on any atom is 0.339 e. The molecule has 2 heterocycles. The molecule has 3 aromatic rings. The first-order valence-corrected chi connectivity index (χ1v) is 11.1. The molecule has 4 nitrogen and oxygen atoms in total. The number of alkyl halides is 2. The average molecular weight is 449 g/mol. The Morgan fingerprint density at radius 2 is 1.61 bits per heavy atom. The maximum atomic E-state index is 12.9. The van der Waals surface area contributed by atoms with E-state index in [1.165, 1.54) is 28.1 Å². The van der Waals surface area contributed by atoms with E-state index in [2.05, 4.69) is 47.1 Å². The number of hydrogen-bond acceptors (Lipinski definition) is 4. The van der Waals surface area contributed by atoms with Gasteiger partial charge in [0.25, 0.3) is 0 Å². The van der Waals surface area contributed by atoms with Crippen LogP contribution in [0.25, 0.3) is 11.1 Å². The van der Waals surface area contributed by atoms with Crippen LogP contribution in [0.1, 0.15) is 32.6 Å². The summed E-state index contributed by atoms with van der Waals surface area (Å²) < 4.78 is 30.9. The number of halogens is 2. The Bertz CT molecular complexity index is 1220. The molecule has 0 amide bonds. The normalized spacial score (nSPS) is 14.2. The highest BCUT2D eigenvalue weighted by molar-refractivity contribution is 5.98. The molecule has 6 heteroatoms. The minimum absolute atomic E-state index is 0.319. The molecule has 5 rings (SSSR count). The molecular weight excluding hydrogens is 422 g/mol. The fraction of sp³-hybridized carbons (Fsp3) is 0.296. The van der Waals surface area contributed by atoms with Crippen molar-refractivity contribution in [2.24, 2.45) is 0 Å². The molecule has 2 bridgehead atoms. The number of aryl methyl sites for hydroxylation is 2. The third-order valence-corrected chi connectivity index (χ3v) is 6.46. The molecule has 0 atom stereocenters. The zero-order chi connectivity index (χ0) is 23.1. The fourth-order valence-corrected chi connectivity index (χ4v) is 4.91. The number of benzene rings is 3. The monoisotopic (exact) mass is 448 g/mol. The van der Waals surface area contributed by atoms with Crippen molar-refractivity contribution in [2.45, 2.75) is 33.0 Å². The van der Waals surface area contributed by atoms with E-state index in [0.29, 0.717) is 5.56 Å². The number of anilines is 2. The summed E-state index contributed by atoms with van der Waals surface area (Å²) in [5.41, 5.74) is 9.06. The minimum Gasteiger partial charge on any atom is -0.453 e. The first-order chi connectivity index (χ1) is 16.0. The van der Waals surface area contributed by atoms with Crippen LogP contribution in [-0.4, -0.2) is 32.1 Å². The number of nitrogens with zero attached hydrogens (tertiary/aromatic N) is 2. The van der Waals surface area contributed by atoms with Gasteiger partial charge < -0.3 is 14.5 Å². The molecule has 3 aromatic carbocycles. The Balaban J connectivity index is 1.52. The molecule has 0 aromatic heterocycles. The van der Waals surface area contributed by atoms with Gasteiger partial charge in [0.05, 0.1) is 12.2 Å². The van der Waals surface area contributed by atoms with Crippen molar-refractivity contribution in [2.75, 3.05) is 29.8 Å². The van der Waals surface area contributed by atoms with Crippen molar-refractivity contribution >= 4 is 17.3 Å². The van der Waals surface area contributed by atoms with Gasteiger partial charge in [-0.15, -0.1) is 0 Å². The van der Waals surface area contributed by atoms with Gasteiger partial charge in [-0.25, -0.2) is 13.6 Å². The summed E-state index contributed by atoms with van der Waals surface area (Å²) in [5.74, 6) is -0.708. The zero-order valence-electron chi connectivity index (χ0n) is 18.8. The van der Waals surface area contributed by atoms with Gasteiger partial charge in [0, 0.05) is 24.5 Å². The predicted molar refractivity (Wildman–Crippen MR) is 126 cm³/mol. The molecule has 0 N–H and O–H groups in total. The van der Waals surface area contributed by atoms with Crippen molar-refractivity contribution in [3.05, 3.63) is 82.4 Å². The molecular formula is C27H26F2N2O2. The van der Waals surface area contributed by atoms with Gasteiger partial charge >= 0.3 is 5.97 Å². The summed E-state index contributed by atoms with van der Waals surface area (Å²) in [4.78, 5) is 17.5. The lowest BCUT2D eigenvalue weighted by Crippen LogP contribution is -2.46. The Hall–Kier alpha value is -3.41. The Kier molecular flexibility index (Phi) is 5.52. The smallest absolute Gasteiger partial charge is 0.339 e. The Morgan fingerprint density at radius 3 is 2.30 bits per heavy atom. The van der Waals surface area contributed by atoms with E-state index < -0.39 is 25.4 Å². The van der Waals surface area contributed by atoms with E-state index in [-0.39, 0.29) is 0 Å². The summed E-state index contributed by atoms with van der Waals surface area (Å²) in [5, 5.41) is 0. The van der Waals surface area contributed by atoms with Crippen molar-refractivity contribution in [3.63, 3.8) is 0 Å². The van der Waals surface area contributed by atoms with Gasteiger partial charge in [-0.1, -0.05) is 35.9 Å². The van der Waals surface area contributed by atoms with Crippen molar-refractivity contribution < 1.29 is 18.3 Å². The highest BCUT2D eigenvalue weighted by Crippen LogP contribution is 2.40. The Labute approximate surface area is 192 Å². The standard InChI is InChI=1S/C27H26F2N2O2/c1-17-6-8-24-20(10-17)14-30-16-31(24)15-21-11-19(7-9-25(21)30)26-18(2)4-3-5-23(26)27(32)33-22(12-28)13-29/h3-11,22H,12-16H2,1-2H3. The third-order valence-electron chi connectivity index (χ3n) is 6.46. The molecule has 170 valence electrons. The van der Waals surface area contributed by atoms with Crippen molar-refractivity contribution in [1.29, 1.82) is 0 Å². The van der Waals surface area contributed by atoms with Crippen LogP contribution in [0.3, 0.4) is 0 Å². The third kappa shape index (κ3) is 3.84. The molecule has 0 spiro atoms. The Morgan fingerprint density at radius 1 is 0.939 bits per heavy atom. The van der Waals surface area contributed by atoms with Crippen LogP contribution in [-0.2, 0) is 17.8 Å². The van der Waals surface area contributed by atoms with Crippen LogP contribution in [0.2, 0.25) is 0 Å².